The quantitative estimate of drug-likeness (QED) is 0.904. The van der Waals surface area contributed by atoms with Crippen molar-refractivity contribution in [2.24, 2.45) is 5.92 Å². The molecule has 1 aromatic heterocycles. The maximum atomic E-state index is 4.58. The highest BCUT2D eigenvalue weighted by atomic mass is 32.1. The molecule has 1 atom stereocenters. The van der Waals surface area contributed by atoms with Gasteiger partial charge in [0.25, 0.3) is 0 Å². The van der Waals surface area contributed by atoms with E-state index < -0.39 is 0 Å². The van der Waals surface area contributed by atoms with Gasteiger partial charge in [-0.05, 0) is 26.8 Å². The zero-order valence-corrected chi connectivity index (χ0v) is 14.3. The summed E-state index contributed by atoms with van der Waals surface area (Å²) in [5, 5.41) is 4.62. The Morgan fingerprint density at radius 2 is 1.85 bits per heavy atom. The van der Waals surface area contributed by atoms with Crippen molar-refractivity contribution in [1.29, 1.82) is 0 Å². The van der Waals surface area contributed by atoms with Crippen LogP contribution in [-0.2, 0) is 0 Å². The van der Waals surface area contributed by atoms with Crippen LogP contribution in [0.15, 0.2) is 0 Å². The summed E-state index contributed by atoms with van der Waals surface area (Å²) >= 11 is 1.77. The molecular formula is C15H28N4S. The summed E-state index contributed by atoms with van der Waals surface area (Å²) in [6.07, 6.45) is 0. The number of thiazole rings is 1. The Kier molecular flexibility index (Phi) is 5.41. The number of aromatic nitrogens is 1. The SMILES string of the molecule is Cc1nc(NCC(C(C)C)N2CCN(C)CC2)sc1C. The summed E-state index contributed by atoms with van der Waals surface area (Å²) in [5.41, 5.74) is 1.15. The largest absolute Gasteiger partial charge is 0.360 e. The molecule has 2 heterocycles. The van der Waals surface area contributed by atoms with E-state index in [1.165, 1.54) is 31.1 Å². The summed E-state index contributed by atoms with van der Waals surface area (Å²) in [7, 11) is 2.21. The van der Waals surface area contributed by atoms with Gasteiger partial charge in [0.1, 0.15) is 0 Å². The van der Waals surface area contributed by atoms with Crippen molar-refractivity contribution in [3.8, 4) is 0 Å². The lowest BCUT2D eigenvalue weighted by molar-refractivity contribution is 0.0944. The molecular weight excluding hydrogens is 268 g/mol. The van der Waals surface area contributed by atoms with Crippen molar-refractivity contribution in [1.82, 2.24) is 14.8 Å². The van der Waals surface area contributed by atoms with E-state index >= 15 is 0 Å². The van der Waals surface area contributed by atoms with Crippen molar-refractivity contribution in [2.45, 2.75) is 33.7 Å². The van der Waals surface area contributed by atoms with Gasteiger partial charge >= 0.3 is 0 Å². The van der Waals surface area contributed by atoms with Crippen LogP contribution in [0.2, 0.25) is 0 Å². The molecule has 1 saturated heterocycles. The van der Waals surface area contributed by atoms with E-state index in [0.717, 1.165) is 17.4 Å². The number of piperazine rings is 1. The van der Waals surface area contributed by atoms with Crippen LogP contribution in [0, 0.1) is 19.8 Å². The van der Waals surface area contributed by atoms with Crippen LogP contribution in [-0.4, -0.2) is 60.6 Å². The smallest absolute Gasteiger partial charge is 0.183 e. The van der Waals surface area contributed by atoms with Crippen molar-refractivity contribution >= 4 is 16.5 Å². The number of likely N-dealkylation sites (N-methyl/N-ethyl adjacent to an activating group) is 1. The molecule has 1 unspecified atom stereocenters. The highest BCUT2D eigenvalue weighted by Crippen LogP contribution is 2.22. The average Bonchev–Trinajstić information content (AvgIpc) is 2.71. The van der Waals surface area contributed by atoms with Gasteiger partial charge in [0, 0.05) is 43.6 Å². The highest BCUT2D eigenvalue weighted by Gasteiger charge is 2.24. The number of nitrogens with one attached hydrogen (secondary N) is 1. The van der Waals surface area contributed by atoms with Gasteiger partial charge < -0.3 is 10.2 Å². The van der Waals surface area contributed by atoms with Gasteiger partial charge in [-0.1, -0.05) is 13.8 Å². The lowest BCUT2D eigenvalue weighted by atomic mass is 10.0. The van der Waals surface area contributed by atoms with Crippen LogP contribution >= 0.6 is 11.3 Å². The van der Waals surface area contributed by atoms with E-state index in [-0.39, 0.29) is 0 Å². The molecule has 1 N–H and O–H groups in total. The first-order chi connectivity index (χ1) is 9.47. The van der Waals surface area contributed by atoms with Crippen molar-refractivity contribution < 1.29 is 0 Å². The molecule has 0 amide bonds. The van der Waals surface area contributed by atoms with Crippen LogP contribution < -0.4 is 5.32 Å². The minimum absolute atomic E-state index is 0.591. The molecule has 1 fully saturated rings. The minimum atomic E-state index is 0.591. The van der Waals surface area contributed by atoms with Gasteiger partial charge in [-0.3, -0.25) is 4.90 Å². The van der Waals surface area contributed by atoms with Crippen molar-refractivity contribution in [3.63, 3.8) is 0 Å². The molecule has 0 aromatic carbocycles. The van der Waals surface area contributed by atoms with E-state index in [9.17, 15) is 0 Å². The number of rotatable bonds is 5. The number of nitrogens with zero attached hydrogens (tertiary/aromatic N) is 3. The number of hydrogen-bond acceptors (Lipinski definition) is 5. The summed E-state index contributed by atoms with van der Waals surface area (Å²) in [6, 6.07) is 0.591. The number of anilines is 1. The Hall–Kier alpha value is -0.650. The second-order valence-corrected chi connectivity index (χ2v) is 7.40. The third-order valence-electron chi connectivity index (χ3n) is 4.27. The van der Waals surface area contributed by atoms with E-state index in [4.69, 9.17) is 0 Å². The first-order valence-electron chi connectivity index (χ1n) is 7.58. The molecule has 1 aliphatic heterocycles. The van der Waals surface area contributed by atoms with E-state index in [0.29, 0.717) is 12.0 Å². The van der Waals surface area contributed by atoms with E-state index in [2.05, 4.69) is 54.8 Å². The second kappa shape index (κ2) is 6.87. The minimum Gasteiger partial charge on any atom is -0.360 e. The summed E-state index contributed by atoms with van der Waals surface area (Å²) in [4.78, 5) is 10.9. The Labute approximate surface area is 127 Å². The van der Waals surface area contributed by atoms with Crippen LogP contribution in [0.1, 0.15) is 24.4 Å². The number of hydrogen-bond donors (Lipinski definition) is 1. The fourth-order valence-corrected chi connectivity index (χ4v) is 3.50. The lowest BCUT2D eigenvalue weighted by Crippen LogP contribution is -2.52. The summed E-state index contributed by atoms with van der Waals surface area (Å²) in [5.74, 6) is 0.660. The first-order valence-corrected chi connectivity index (χ1v) is 8.39. The zero-order valence-electron chi connectivity index (χ0n) is 13.4. The molecule has 0 saturated carbocycles. The monoisotopic (exact) mass is 296 g/mol. The maximum absolute atomic E-state index is 4.58. The molecule has 0 radical (unpaired) electrons. The van der Waals surface area contributed by atoms with Gasteiger partial charge in [0.15, 0.2) is 5.13 Å². The molecule has 4 nitrogen and oxygen atoms in total. The van der Waals surface area contributed by atoms with Crippen LogP contribution in [0.4, 0.5) is 5.13 Å². The van der Waals surface area contributed by atoms with Gasteiger partial charge in [-0.15, -0.1) is 11.3 Å². The second-order valence-electron chi connectivity index (χ2n) is 6.19. The lowest BCUT2D eigenvalue weighted by Gasteiger charge is -2.39. The predicted molar refractivity (Wildman–Crippen MR) is 87.8 cm³/mol. The summed E-state index contributed by atoms with van der Waals surface area (Å²) < 4.78 is 0. The molecule has 5 heteroatoms. The topological polar surface area (TPSA) is 31.4 Å². The van der Waals surface area contributed by atoms with Gasteiger partial charge in [-0.25, -0.2) is 4.98 Å². The molecule has 0 spiro atoms. The highest BCUT2D eigenvalue weighted by molar-refractivity contribution is 7.15. The predicted octanol–water partition coefficient (Wildman–Crippen LogP) is 2.44. The average molecular weight is 296 g/mol. The summed E-state index contributed by atoms with van der Waals surface area (Å²) in [6.45, 7) is 14.6. The fourth-order valence-electron chi connectivity index (χ4n) is 2.68. The zero-order chi connectivity index (χ0) is 14.7. The van der Waals surface area contributed by atoms with Crippen LogP contribution in [0.3, 0.4) is 0 Å². The molecule has 20 heavy (non-hydrogen) atoms. The molecule has 0 bridgehead atoms. The molecule has 2 rings (SSSR count). The van der Waals surface area contributed by atoms with Gasteiger partial charge in [-0.2, -0.15) is 0 Å². The maximum Gasteiger partial charge on any atom is 0.183 e. The van der Waals surface area contributed by atoms with Crippen LogP contribution in [0.5, 0.6) is 0 Å². The van der Waals surface area contributed by atoms with Gasteiger partial charge in [0.05, 0.1) is 5.69 Å². The Morgan fingerprint density at radius 1 is 1.20 bits per heavy atom. The standard InChI is InChI=1S/C15H28N4S/c1-11(2)14(19-8-6-18(5)7-9-19)10-16-15-17-12(3)13(4)20-15/h11,14H,6-10H2,1-5H3,(H,16,17). The van der Waals surface area contributed by atoms with E-state index in [1.807, 2.05) is 0 Å². The third-order valence-corrected chi connectivity index (χ3v) is 5.30. The normalized spacial score (nSPS) is 19.5. The molecule has 1 aromatic rings. The number of aryl methyl sites for hydroxylation is 2. The third kappa shape index (κ3) is 3.93. The Bertz CT molecular complexity index is 402. The molecule has 114 valence electrons. The first kappa shape index (κ1) is 15.7. The molecule has 0 aliphatic carbocycles. The Morgan fingerprint density at radius 3 is 2.35 bits per heavy atom. The van der Waals surface area contributed by atoms with Crippen LogP contribution in [0.25, 0.3) is 0 Å². The van der Waals surface area contributed by atoms with E-state index in [1.54, 1.807) is 11.3 Å². The van der Waals surface area contributed by atoms with Gasteiger partial charge in [0.2, 0.25) is 0 Å². The fraction of sp³-hybridized carbons (Fsp3) is 0.800. The molecule has 1 aliphatic rings. The van der Waals surface area contributed by atoms with Crippen molar-refractivity contribution in [3.05, 3.63) is 10.6 Å². The Balaban J connectivity index is 1.92. The van der Waals surface area contributed by atoms with Crippen molar-refractivity contribution in [2.75, 3.05) is 45.1 Å².